The smallest absolute Gasteiger partial charge is 0.234 e. The molecular formula is C14H21N3O4S. The van der Waals surface area contributed by atoms with Crippen molar-refractivity contribution < 1.29 is 17.9 Å². The summed E-state index contributed by atoms with van der Waals surface area (Å²) in [5, 5.41) is 2.78. The van der Waals surface area contributed by atoms with Gasteiger partial charge in [0.05, 0.1) is 37.4 Å². The van der Waals surface area contributed by atoms with Gasteiger partial charge in [-0.05, 0) is 19.5 Å². The predicted octanol–water partition coefficient (Wildman–Crippen LogP) is -0.175. The molecule has 1 amide bonds. The van der Waals surface area contributed by atoms with Gasteiger partial charge in [0.15, 0.2) is 9.84 Å². The molecule has 1 saturated heterocycles. The Balaban J connectivity index is 1.80. The van der Waals surface area contributed by atoms with Crippen LogP contribution in [0.25, 0.3) is 0 Å². The second kappa shape index (κ2) is 7.06. The van der Waals surface area contributed by atoms with Gasteiger partial charge in [-0.25, -0.2) is 8.42 Å². The maximum absolute atomic E-state index is 11.9. The monoisotopic (exact) mass is 327 g/mol. The molecule has 0 saturated carbocycles. The Labute approximate surface area is 130 Å². The molecule has 1 fully saturated rings. The Bertz CT molecular complexity index is 633. The number of sulfone groups is 1. The lowest BCUT2D eigenvalue weighted by Gasteiger charge is -2.22. The molecule has 1 aliphatic rings. The zero-order chi connectivity index (χ0) is 16.2. The van der Waals surface area contributed by atoms with Gasteiger partial charge in [-0.1, -0.05) is 0 Å². The largest absolute Gasteiger partial charge is 0.497 e. The second-order valence-electron chi connectivity index (χ2n) is 5.44. The Morgan fingerprint density at radius 3 is 2.95 bits per heavy atom. The molecule has 2 rings (SSSR count). The minimum absolute atomic E-state index is 0.0781. The van der Waals surface area contributed by atoms with Crippen LogP contribution in [0, 0.1) is 0 Å². The first-order valence-corrected chi connectivity index (χ1v) is 8.88. The summed E-state index contributed by atoms with van der Waals surface area (Å²) in [6, 6.07) is 3.42. The number of carbonyl (C=O) groups is 1. The van der Waals surface area contributed by atoms with Crippen LogP contribution in [0.3, 0.4) is 0 Å². The van der Waals surface area contributed by atoms with Gasteiger partial charge in [0.25, 0.3) is 0 Å². The lowest BCUT2D eigenvalue weighted by molar-refractivity contribution is -0.122. The van der Waals surface area contributed by atoms with E-state index >= 15 is 0 Å². The maximum atomic E-state index is 11.9. The van der Waals surface area contributed by atoms with E-state index in [0.717, 1.165) is 0 Å². The molecule has 0 aromatic carbocycles. The van der Waals surface area contributed by atoms with Crippen LogP contribution in [0.4, 0.5) is 0 Å². The van der Waals surface area contributed by atoms with Crippen LogP contribution in [-0.2, 0) is 21.2 Å². The van der Waals surface area contributed by atoms with E-state index in [4.69, 9.17) is 4.74 Å². The van der Waals surface area contributed by atoms with Crippen molar-refractivity contribution in [3.8, 4) is 5.75 Å². The standard InChI is InChI=1S/C14H21N3O4S/c1-17(12-4-6-22(19,20)10-12)9-14(18)16-8-11-7-13(21-2)3-5-15-11/h3,5,7,12H,4,6,8-10H2,1-2H3,(H,16,18). The fraction of sp³-hybridized carbons (Fsp3) is 0.571. The molecule has 0 bridgehead atoms. The molecule has 1 aromatic heterocycles. The minimum Gasteiger partial charge on any atom is -0.497 e. The van der Waals surface area contributed by atoms with Gasteiger partial charge in [0, 0.05) is 18.3 Å². The van der Waals surface area contributed by atoms with Gasteiger partial charge in [-0.2, -0.15) is 0 Å². The van der Waals surface area contributed by atoms with Gasteiger partial charge in [0.2, 0.25) is 5.91 Å². The number of carbonyl (C=O) groups excluding carboxylic acids is 1. The molecule has 7 nitrogen and oxygen atoms in total. The molecule has 22 heavy (non-hydrogen) atoms. The summed E-state index contributed by atoms with van der Waals surface area (Å²) >= 11 is 0. The number of hydrogen-bond donors (Lipinski definition) is 1. The molecule has 1 aliphatic heterocycles. The van der Waals surface area contributed by atoms with Crippen molar-refractivity contribution in [2.45, 2.75) is 19.0 Å². The van der Waals surface area contributed by atoms with Crippen LogP contribution in [0.5, 0.6) is 5.75 Å². The van der Waals surface area contributed by atoms with E-state index in [0.29, 0.717) is 24.4 Å². The summed E-state index contributed by atoms with van der Waals surface area (Å²) in [7, 11) is 0.408. The molecule has 8 heteroatoms. The molecule has 1 N–H and O–H groups in total. The van der Waals surface area contributed by atoms with E-state index in [9.17, 15) is 13.2 Å². The van der Waals surface area contributed by atoms with Crippen LogP contribution >= 0.6 is 0 Å². The topological polar surface area (TPSA) is 88.6 Å². The first-order valence-electron chi connectivity index (χ1n) is 7.06. The first-order chi connectivity index (χ1) is 10.4. The average molecular weight is 327 g/mol. The molecule has 0 radical (unpaired) electrons. The molecule has 1 aromatic rings. The number of hydrogen-bond acceptors (Lipinski definition) is 6. The van der Waals surface area contributed by atoms with Gasteiger partial charge >= 0.3 is 0 Å². The maximum Gasteiger partial charge on any atom is 0.234 e. The second-order valence-corrected chi connectivity index (χ2v) is 7.66. The van der Waals surface area contributed by atoms with Crippen molar-refractivity contribution in [3.63, 3.8) is 0 Å². The lowest BCUT2D eigenvalue weighted by atomic mass is 10.2. The highest BCUT2D eigenvalue weighted by atomic mass is 32.2. The van der Waals surface area contributed by atoms with Gasteiger partial charge in [-0.3, -0.25) is 14.7 Å². The normalized spacial score (nSPS) is 20.0. The molecule has 122 valence electrons. The van der Waals surface area contributed by atoms with E-state index in [1.54, 1.807) is 37.4 Å². The van der Waals surface area contributed by atoms with E-state index in [1.807, 2.05) is 0 Å². The minimum atomic E-state index is -2.94. The number of aromatic nitrogens is 1. The van der Waals surface area contributed by atoms with Gasteiger partial charge < -0.3 is 10.1 Å². The highest BCUT2D eigenvalue weighted by Crippen LogP contribution is 2.16. The van der Waals surface area contributed by atoms with Crippen LogP contribution in [0.1, 0.15) is 12.1 Å². The van der Waals surface area contributed by atoms with Crippen molar-refractivity contribution in [1.82, 2.24) is 15.2 Å². The van der Waals surface area contributed by atoms with Gasteiger partial charge in [-0.15, -0.1) is 0 Å². The number of pyridine rings is 1. The van der Waals surface area contributed by atoms with Crippen LogP contribution in [0.2, 0.25) is 0 Å². The zero-order valence-electron chi connectivity index (χ0n) is 12.8. The highest BCUT2D eigenvalue weighted by molar-refractivity contribution is 7.91. The van der Waals surface area contributed by atoms with E-state index in [-0.39, 0.29) is 30.0 Å². The quantitative estimate of drug-likeness (QED) is 0.780. The fourth-order valence-corrected chi connectivity index (χ4v) is 4.21. The van der Waals surface area contributed by atoms with Crippen molar-refractivity contribution in [3.05, 3.63) is 24.0 Å². The number of nitrogens with zero attached hydrogens (tertiary/aromatic N) is 2. The Hall–Kier alpha value is -1.67. The van der Waals surface area contributed by atoms with Crippen molar-refractivity contribution in [2.75, 3.05) is 32.2 Å². The fourth-order valence-electron chi connectivity index (χ4n) is 2.40. The molecule has 1 unspecified atom stereocenters. The number of amides is 1. The van der Waals surface area contributed by atoms with Crippen LogP contribution in [0.15, 0.2) is 18.3 Å². The summed E-state index contributed by atoms with van der Waals surface area (Å²) in [6.07, 6.45) is 2.21. The SMILES string of the molecule is COc1ccnc(CNC(=O)CN(C)C2CCS(=O)(=O)C2)c1. The van der Waals surface area contributed by atoms with Gasteiger partial charge in [0.1, 0.15) is 5.75 Å². The number of methoxy groups -OCH3 is 1. The Morgan fingerprint density at radius 2 is 2.32 bits per heavy atom. The molecular weight excluding hydrogens is 306 g/mol. The molecule has 0 spiro atoms. The number of rotatable bonds is 6. The van der Waals surface area contributed by atoms with Crippen molar-refractivity contribution in [2.24, 2.45) is 0 Å². The Morgan fingerprint density at radius 1 is 1.55 bits per heavy atom. The van der Waals surface area contributed by atoms with Crippen molar-refractivity contribution in [1.29, 1.82) is 0 Å². The molecule has 2 heterocycles. The summed E-state index contributed by atoms with van der Waals surface area (Å²) in [4.78, 5) is 17.9. The third kappa shape index (κ3) is 4.67. The number of nitrogens with one attached hydrogen (secondary N) is 1. The summed E-state index contributed by atoms with van der Waals surface area (Å²) in [5.41, 5.74) is 0.707. The highest BCUT2D eigenvalue weighted by Gasteiger charge is 2.31. The Kier molecular flexibility index (Phi) is 5.36. The average Bonchev–Trinajstić information content (AvgIpc) is 2.85. The van der Waals surface area contributed by atoms with E-state index in [2.05, 4.69) is 10.3 Å². The third-order valence-electron chi connectivity index (χ3n) is 3.72. The van der Waals surface area contributed by atoms with Crippen LogP contribution in [-0.4, -0.2) is 62.5 Å². The molecule has 1 atom stereocenters. The van der Waals surface area contributed by atoms with E-state index in [1.165, 1.54) is 0 Å². The first kappa shape index (κ1) is 16.7. The summed E-state index contributed by atoms with van der Waals surface area (Å²) in [5.74, 6) is 0.870. The third-order valence-corrected chi connectivity index (χ3v) is 5.47. The summed E-state index contributed by atoms with van der Waals surface area (Å²) < 4.78 is 28.0. The number of ether oxygens (including phenoxy) is 1. The molecule has 0 aliphatic carbocycles. The van der Waals surface area contributed by atoms with E-state index < -0.39 is 9.84 Å². The zero-order valence-corrected chi connectivity index (χ0v) is 13.6. The summed E-state index contributed by atoms with van der Waals surface area (Å²) in [6.45, 7) is 0.483. The lowest BCUT2D eigenvalue weighted by Crippen LogP contribution is -2.41. The van der Waals surface area contributed by atoms with Crippen molar-refractivity contribution >= 4 is 15.7 Å². The predicted molar refractivity (Wildman–Crippen MR) is 82.3 cm³/mol. The van der Waals surface area contributed by atoms with Crippen LogP contribution < -0.4 is 10.1 Å². The number of likely N-dealkylation sites (N-methyl/N-ethyl adjacent to an activating group) is 1.